The second-order valence-corrected chi connectivity index (χ2v) is 8.96. The molecule has 1 aliphatic rings. The van der Waals surface area contributed by atoms with Gasteiger partial charge in [0.05, 0.1) is 7.11 Å². The highest BCUT2D eigenvalue weighted by atomic mass is 16.5. The van der Waals surface area contributed by atoms with E-state index in [0.717, 1.165) is 37.6 Å². The fourth-order valence-electron chi connectivity index (χ4n) is 1.99. The van der Waals surface area contributed by atoms with E-state index >= 15 is 0 Å². The molecule has 186 valence electrons. The lowest BCUT2D eigenvalue weighted by atomic mass is 9.91. The Labute approximate surface area is 193 Å². The summed E-state index contributed by atoms with van der Waals surface area (Å²) in [6.07, 6.45) is 12.5. The molecule has 0 bridgehead atoms. The summed E-state index contributed by atoms with van der Waals surface area (Å²) in [5.41, 5.74) is 0. The number of hydrogen-bond acceptors (Lipinski definition) is 5. The van der Waals surface area contributed by atoms with Gasteiger partial charge in [-0.15, -0.1) is 0 Å². The van der Waals surface area contributed by atoms with Crippen LogP contribution in [-0.4, -0.2) is 31.9 Å². The Balaban J connectivity index is -0.000000148. The van der Waals surface area contributed by atoms with Crippen LogP contribution < -0.4 is 0 Å². The van der Waals surface area contributed by atoms with Crippen LogP contribution in [0.3, 0.4) is 0 Å². The highest BCUT2D eigenvalue weighted by molar-refractivity contribution is 5.65. The van der Waals surface area contributed by atoms with Crippen LogP contribution in [0.15, 0.2) is 0 Å². The lowest BCUT2D eigenvalue weighted by Gasteiger charge is -2.15. The van der Waals surface area contributed by atoms with Crippen LogP contribution in [0.1, 0.15) is 107 Å². The van der Waals surface area contributed by atoms with E-state index in [1.807, 2.05) is 41.5 Å². The van der Waals surface area contributed by atoms with E-state index in [1.165, 1.54) is 46.1 Å². The molecule has 0 heterocycles. The zero-order chi connectivity index (χ0) is 25.2. The zero-order valence-electron chi connectivity index (χ0n) is 22.1. The molecule has 1 rings (SSSR count). The standard InChI is InChI=1S/C7H14.2C6H12O.C4H8O.C3H6O2/c1-7-5-3-2-4-6-7;1-5(2)6(3)4-7;1-3-4-6(2)5-7;1-4(2)3-5;1-3(4)5-2/h7H,2-6H2,1H3;4-6H,1-3H3;5-6H,3-4H2,1-2H3;3-4H,1-2H3;1-2H3. The van der Waals surface area contributed by atoms with Crippen LogP contribution in [0.5, 0.6) is 0 Å². The van der Waals surface area contributed by atoms with Gasteiger partial charge in [0.1, 0.15) is 18.9 Å². The largest absolute Gasteiger partial charge is 0.469 e. The minimum absolute atomic E-state index is 0.204. The van der Waals surface area contributed by atoms with Crippen molar-refractivity contribution in [2.24, 2.45) is 29.6 Å². The number of esters is 1. The molecule has 0 radical (unpaired) electrons. The first-order chi connectivity index (χ1) is 14.4. The van der Waals surface area contributed by atoms with Gasteiger partial charge in [-0.05, 0) is 18.3 Å². The Morgan fingerprint density at radius 3 is 1.42 bits per heavy atom. The summed E-state index contributed by atoms with van der Waals surface area (Å²) in [5.74, 6) is 1.98. The molecule has 0 saturated heterocycles. The van der Waals surface area contributed by atoms with Crippen molar-refractivity contribution in [3.63, 3.8) is 0 Å². The van der Waals surface area contributed by atoms with Crippen LogP contribution in [-0.2, 0) is 23.9 Å². The summed E-state index contributed by atoms with van der Waals surface area (Å²) in [6, 6.07) is 0. The molecule has 2 atom stereocenters. The summed E-state index contributed by atoms with van der Waals surface area (Å²) in [7, 11) is 1.35. The first-order valence-electron chi connectivity index (χ1n) is 11.8. The molecule has 1 fully saturated rings. The Bertz CT molecular complexity index is 399. The quantitative estimate of drug-likeness (QED) is 0.336. The van der Waals surface area contributed by atoms with Gasteiger partial charge in [-0.3, -0.25) is 4.79 Å². The second-order valence-electron chi connectivity index (χ2n) is 8.96. The fraction of sp³-hybridized carbons (Fsp3) is 0.846. The summed E-state index contributed by atoms with van der Waals surface area (Å²) >= 11 is 0. The molecule has 0 aromatic carbocycles. The molecular weight excluding hydrogens is 392 g/mol. The van der Waals surface area contributed by atoms with E-state index in [-0.39, 0.29) is 23.7 Å². The number of rotatable bonds is 6. The van der Waals surface area contributed by atoms with Crippen LogP contribution >= 0.6 is 0 Å². The number of ether oxygens (including phenoxy) is 1. The smallest absolute Gasteiger partial charge is 0.302 e. The van der Waals surface area contributed by atoms with Gasteiger partial charge >= 0.3 is 5.97 Å². The molecule has 5 nitrogen and oxygen atoms in total. The molecule has 5 heteroatoms. The van der Waals surface area contributed by atoms with Gasteiger partial charge < -0.3 is 19.1 Å². The predicted molar refractivity (Wildman–Crippen MR) is 131 cm³/mol. The summed E-state index contributed by atoms with van der Waals surface area (Å²) in [4.78, 5) is 38.9. The Hall–Kier alpha value is -1.52. The maximum atomic E-state index is 9.95. The van der Waals surface area contributed by atoms with Crippen molar-refractivity contribution in [2.45, 2.75) is 107 Å². The minimum Gasteiger partial charge on any atom is -0.469 e. The van der Waals surface area contributed by atoms with Gasteiger partial charge in [0, 0.05) is 24.7 Å². The Morgan fingerprint density at radius 1 is 0.903 bits per heavy atom. The molecule has 0 aromatic rings. The predicted octanol–water partition coefficient (Wildman–Crippen LogP) is 6.71. The molecule has 0 aliphatic heterocycles. The lowest BCUT2D eigenvalue weighted by Crippen LogP contribution is -2.03. The molecule has 0 amide bonds. The van der Waals surface area contributed by atoms with Crippen molar-refractivity contribution in [3.05, 3.63) is 0 Å². The summed E-state index contributed by atoms with van der Waals surface area (Å²) in [5, 5.41) is 0. The third-order valence-electron chi connectivity index (χ3n) is 4.70. The van der Waals surface area contributed by atoms with E-state index < -0.39 is 0 Å². The fourth-order valence-corrected chi connectivity index (χ4v) is 1.99. The number of aldehydes is 3. The molecule has 0 spiro atoms. The van der Waals surface area contributed by atoms with Crippen molar-refractivity contribution >= 4 is 24.8 Å². The lowest BCUT2D eigenvalue weighted by molar-refractivity contribution is -0.138. The third kappa shape index (κ3) is 43.3. The van der Waals surface area contributed by atoms with Crippen molar-refractivity contribution in [1.29, 1.82) is 0 Å². The van der Waals surface area contributed by atoms with E-state index in [4.69, 9.17) is 0 Å². The van der Waals surface area contributed by atoms with E-state index in [0.29, 0.717) is 5.92 Å². The normalized spacial score (nSPS) is 14.5. The zero-order valence-corrected chi connectivity index (χ0v) is 22.1. The average molecular weight is 445 g/mol. The van der Waals surface area contributed by atoms with Gasteiger partial charge in [-0.25, -0.2) is 0 Å². The molecule has 0 aromatic heterocycles. The van der Waals surface area contributed by atoms with Gasteiger partial charge in [0.2, 0.25) is 0 Å². The number of methoxy groups -OCH3 is 1. The van der Waals surface area contributed by atoms with Crippen LogP contribution in [0, 0.1) is 29.6 Å². The minimum atomic E-state index is -0.245. The van der Waals surface area contributed by atoms with Crippen molar-refractivity contribution in [3.8, 4) is 0 Å². The molecule has 1 aliphatic carbocycles. The van der Waals surface area contributed by atoms with Gasteiger partial charge in [0.25, 0.3) is 0 Å². The molecule has 0 N–H and O–H groups in total. The Morgan fingerprint density at radius 2 is 1.32 bits per heavy atom. The van der Waals surface area contributed by atoms with E-state index in [9.17, 15) is 19.2 Å². The number of carbonyl (C=O) groups excluding carboxylic acids is 4. The molecular formula is C26H52O5. The summed E-state index contributed by atoms with van der Waals surface area (Å²) < 4.78 is 4.11. The SMILES string of the molecule is CC(C)C(C)C=O.CC(C)C=O.CC1CCCCC1.CCCC(C)C=O.COC(C)=O. The van der Waals surface area contributed by atoms with Crippen LogP contribution in [0.4, 0.5) is 0 Å². The van der Waals surface area contributed by atoms with E-state index in [1.54, 1.807) is 0 Å². The molecule has 1 saturated carbocycles. The molecule has 2 unspecified atom stereocenters. The maximum Gasteiger partial charge on any atom is 0.302 e. The number of carbonyl (C=O) groups is 4. The van der Waals surface area contributed by atoms with E-state index in [2.05, 4.69) is 18.6 Å². The first kappa shape index (κ1) is 36.8. The maximum absolute atomic E-state index is 9.95. The van der Waals surface area contributed by atoms with Gasteiger partial charge in [-0.2, -0.15) is 0 Å². The number of hydrogen-bond donors (Lipinski definition) is 0. The van der Waals surface area contributed by atoms with Gasteiger partial charge in [0.15, 0.2) is 0 Å². The highest BCUT2D eigenvalue weighted by Crippen LogP contribution is 2.22. The topological polar surface area (TPSA) is 77.5 Å². The Kier molecular flexibility index (Phi) is 33.8. The van der Waals surface area contributed by atoms with Crippen molar-refractivity contribution in [2.75, 3.05) is 7.11 Å². The first-order valence-corrected chi connectivity index (χ1v) is 11.8. The molecule has 31 heavy (non-hydrogen) atoms. The average Bonchev–Trinajstić information content (AvgIpc) is 2.75. The third-order valence-corrected chi connectivity index (χ3v) is 4.70. The van der Waals surface area contributed by atoms with Crippen LogP contribution in [0.25, 0.3) is 0 Å². The van der Waals surface area contributed by atoms with Gasteiger partial charge in [-0.1, -0.05) is 93.9 Å². The summed E-state index contributed by atoms with van der Waals surface area (Å²) in [6.45, 7) is 17.5. The van der Waals surface area contributed by atoms with Crippen molar-refractivity contribution < 1.29 is 23.9 Å². The van der Waals surface area contributed by atoms with Crippen molar-refractivity contribution in [1.82, 2.24) is 0 Å². The monoisotopic (exact) mass is 444 g/mol. The highest BCUT2D eigenvalue weighted by Gasteiger charge is 2.06. The van der Waals surface area contributed by atoms with Crippen LogP contribution in [0.2, 0.25) is 0 Å². The second kappa shape index (κ2) is 28.5.